The Balaban J connectivity index is 0.000000397. The molecular weight excluding hydrogens is 355 g/mol. The molecule has 2 atom stereocenters. The lowest BCUT2D eigenvalue weighted by Crippen LogP contribution is -2.45. The van der Waals surface area contributed by atoms with E-state index in [2.05, 4.69) is 13.5 Å². The average Bonchev–Trinajstić information content (AvgIpc) is 2.15. The monoisotopic (exact) mass is 359 g/mol. The zero-order chi connectivity index (χ0) is 14.4. The lowest BCUT2D eigenvalue weighted by Gasteiger charge is -2.19. The van der Waals surface area contributed by atoms with Crippen molar-refractivity contribution in [1.29, 1.82) is 0 Å². The summed E-state index contributed by atoms with van der Waals surface area (Å²) >= 11 is 0. The molecule has 1 heterocycles. The fourth-order valence-corrected chi connectivity index (χ4v) is 3.42. The van der Waals surface area contributed by atoms with Gasteiger partial charge in [-0.2, -0.15) is 26.5 Å². The van der Waals surface area contributed by atoms with Crippen molar-refractivity contribution in [2.45, 2.75) is 12.3 Å². The largest absolute Gasteiger partial charge is 0.807 e. The second-order valence-corrected chi connectivity index (χ2v) is 6.70. The Morgan fingerprint density at radius 2 is 1.67 bits per heavy atom. The first-order valence-corrected chi connectivity index (χ1v) is 7.90. The molecule has 0 aliphatic carbocycles. The molecule has 0 spiro atoms. The highest BCUT2D eigenvalue weighted by Gasteiger charge is 2.66. The Bertz CT molecular complexity index is 319. The van der Waals surface area contributed by atoms with Gasteiger partial charge in [-0.15, -0.1) is 0 Å². The number of nitrogens with one attached hydrogen (secondary N) is 2. The Kier molecular flexibility index (Phi) is 6.87. The maximum atomic E-state index is 11.4. The molecule has 0 radical (unpaired) electrons. The van der Waals surface area contributed by atoms with Crippen LogP contribution in [0.3, 0.4) is 0 Å². The summed E-state index contributed by atoms with van der Waals surface area (Å²) in [6.45, 7) is 0. The Morgan fingerprint density at radius 3 is 1.78 bits per heavy atom. The van der Waals surface area contributed by atoms with Gasteiger partial charge in [-0.05, 0) is 0 Å². The molecule has 0 aliphatic heterocycles. The van der Waals surface area contributed by atoms with E-state index in [0.29, 0.717) is 17.0 Å². The fraction of sp³-hybridized carbons (Fsp3) is 1.00. The van der Waals surface area contributed by atoms with Crippen LogP contribution in [0, 0.1) is 0 Å². The molecule has 0 amide bonds. The summed E-state index contributed by atoms with van der Waals surface area (Å²) in [5.74, 6) is 0. The predicted molar refractivity (Wildman–Crippen MR) is 53.2 cm³/mol. The number of alkyl halides is 5. The quantitative estimate of drug-likeness (QED) is 0.476. The van der Waals surface area contributed by atoms with E-state index < -0.39 is 21.6 Å². The fourth-order valence-electron chi connectivity index (χ4n) is 0.359. The second-order valence-electron chi connectivity index (χ2n) is 2.24. The maximum absolute atomic E-state index is 11.4. The van der Waals surface area contributed by atoms with E-state index in [0.717, 1.165) is 8.51 Å². The molecular formula is C2H4F8N3OP3Si. The van der Waals surface area contributed by atoms with Crippen LogP contribution < -0.4 is 0 Å². The van der Waals surface area contributed by atoms with Crippen molar-refractivity contribution in [3.8, 4) is 0 Å². The number of aromatic nitrogens is 3. The summed E-state index contributed by atoms with van der Waals surface area (Å²) in [5, 5.41) is 0. The van der Waals surface area contributed by atoms with E-state index in [1.165, 1.54) is 0 Å². The van der Waals surface area contributed by atoms with Crippen LogP contribution in [-0.4, -0.2) is 35.1 Å². The third-order valence-electron chi connectivity index (χ3n) is 0.898. The predicted octanol–water partition coefficient (Wildman–Crippen LogP) is 4.01. The van der Waals surface area contributed by atoms with E-state index in [4.69, 9.17) is 0 Å². The van der Waals surface area contributed by atoms with Crippen molar-refractivity contribution in [2.24, 2.45) is 0 Å². The molecule has 4 nitrogen and oxygen atoms in total. The molecule has 0 saturated heterocycles. The second kappa shape index (κ2) is 6.90. The van der Waals surface area contributed by atoms with E-state index in [-0.39, 0.29) is 0 Å². The summed E-state index contributed by atoms with van der Waals surface area (Å²) < 4.78 is 101. The summed E-state index contributed by atoms with van der Waals surface area (Å²) in [7, 11) is -5.01. The van der Waals surface area contributed by atoms with Crippen molar-refractivity contribution in [1.82, 2.24) is 13.5 Å². The molecule has 0 bridgehead atoms. The third-order valence-corrected chi connectivity index (χ3v) is 3.98. The summed E-state index contributed by atoms with van der Waals surface area (Å²) in [6.07, 6.45) is -12.5. The first-order chi connectivity index (χ1) is 7.96. The lowest BCUT2D eigenvalue weighted by atomic mass is 10.6. The van der Waals surface area contributed by atoms with E-state index in [1.54, 1.807) is 4.43 Å². The Labute approximate surface area is 100 Å². The number of nitrogens with zero attached hydrogens (tertiary/aromatic N) is 1. The average molecular weight is 359 g/mol. The number of hydrogen-bond acceptors (Lipinski definition) is 2. The van der Waals surface area contributed by atoms with Gasteiger partial charge in [0.15, 0.2) is 0 Å². The van der Waals surface area contributed by atoms with Crippen molar-refractivity contribution in [3.05, 3.63) is 0 Å². The van der Waals surface area contributed by atoms with Gasteiger partial charge in [0.05, 0.1) is 0 Å². The third kappa shape index (κ3) is 8.10. The number of aromatic amines is 2. The summed E-state index contributed by atoms with van der Waals surface area (Å²) in [4.78, 5) is 0. The number of hydrogen-bond donors (Lipinski definition) is 2. The molecule has 1 aromatic heterocycles. The van der Waals surface area contributed by atoms with Crippen LogP contribution in [0.2, 0.25) is 0 Å². The van der Waals surface area contributed by atoms with E-state index >= 15 is 0 Å². The summed E-state index contributed by atoms with van der Waals surface area (Å²) in [6, 6.07) is 0. The highest BCUT2D eigenvalue weighted by atomic mass is 31.1. The maximum Gasteiger partial charge on any atom is 0.807 e. The van der Waals surface area contributed by atoms with Crippen molar-refractivity contribution in [2.75, 3.05) is 0 Å². The molecule has 0 fully saturated rings. The van der Waals surface area contributed by atoms with E-state index in [9.17, 15) is 34.3 Å². The minimum atomic E-state index is -7.37. The molecule has 1 aromatic rings. The molecule has 2 unspecified atom stereocenters. The molecule has 0 aliphatic rings. The molecule has 108 valence electrons. The van der Waals surface area contributed by atoms with Crippen LogP contribution >= 0.6 is 25.5 Å². The van der Waals surface area contributed by atoms with Crippen LogP contribution in [0.5, 0.6) is 0 Å². The summed E-state index contributed by atoms with van der Waals surface area (Å²) in [5.41, 5.74) is 0. The Hall–Kier alpha value is -0.0831. The molecule has 18 heavy (non-hydrogen) atoms. The van der Waals surface area contributed by atoms with Gasteiger partial charge in [0.25, 0.3) is 0 Å². The number of H-pyrrole nitrogens is 2. The van der Waals surface area contributed by atoms with Crippen molar-refractivity contribution < 1.29 is 38.7 Å². The van der Waals surface area contributed by atoms with Gasteiger partial charge in [0.2, 0.25) is 0 Å². The lowest BCUT2D eigenvalue weighted by molar-refractivity contribution is -0.371. The minimum Gasteiger partial charge on any atom is -0.313 e. The van der Waals surface area contributed by atoms with Gasteiger partial charge in [-0.25, -0.2) is 12.3 Å². The van der Waals surface area contributed by atoms with Gasteiger partial charge < -0.3 is 9.02 Å². The van der Waals surface area contributed by atoms with Crippen LogP contribution in [0.15, 0.2) is 0 Å². The van der Waals surface area contributed by atoms with Gasteiger partial charge in [0.1, 0.15) is 8.51 Å². The van der Waals surface area contributed by atoms with Gasteiger partial charge >= 0.3 is 21.6 Å². The first-order valence-electron chi connectivity index (χ1n) is 3.57. The topological polar surface area (TPSA) is 53.7 Å². The molecule has 16 heteroatoms. The number of halogens is 8. The van der Waals surface area contributed by atoms with Crippen LogP contribution in [0.1, 0.15) is 0 Å². The van der Waals surface area contributed by atoms with Crippen LogP contribution in [0.25, 0.3) is 0 Å². The Morgan fingerprint density at radius 1 is 1.11 bits per heavy atom. The first kappa shape index (κ1) is 17.9. The zero-order valence-corrected chi connectivity index (χ0v) is 11.7. The van der Waals surface area contributed by atoms with E-state index in [1.807, 2.05) is 0 Å². The van der Waals surface area contributed by atoms with Crippen molar-refractivity contribution in [3.63, 3.8) is 0 Å². The number of rotatable bonds is 2. The highest BCUT2D eigenvalue weighted by Crippen LogP contribution is 2.39. The highest BCUT2D eigenvalue weighted by molar-refractivity contribution is 7.43. The molecule has 1 rings (SSSR count). The molecule has 0 saturated carbocycles. The van der Waals surface area contributed by atoms with Crippen LogP contribution in [0.4, 0.5) is 34.3 Å². The SMILES string of the molecule is FC(F)(F)C(F)(F)O[Si](F)(F)F.n1p[nH][pH][nH][pH]1. The molecule has 0 aromatic carbocycles. The minimum absolute atomic E-state index is 0.614. The zero-order valence-electron chi connectivity index (χ0n) is 7.83. The van der Waals surface area contributed by atoms with Crippen LogP contribution in [-0.2, 0) is 4.43 Å². The van der Waals surface area contributed by atoms with Gasteiger partial charge in [0, 0.05) is 17.0 Å². The van der Waals surface area contributed by atoms with Gasteiger partial charge in [-0.3, -0.25) is 4.43 Å². The van der Waals surface area contributed by atoms with Gasteiger partial charge in [-0.1, -0.05) is 0 Å². The molecule has 2 N–H and O–H groups in total. The smallest absolute Gasteiger partial charge is 0.313 e. The normalized spacial score (nSPS) is 14.0. The van der Waals surface area contributed by atoms with Crippen molar-refractivity contribution >= 4 is 34.8 Å². The standard InChI is InChI=1S/C2F8OSi.H4N3P3/c3-1(4,5)2(6,7)11-12(8,9)10;1-4-2-6-3-5-1/h;1,4-5H,(H,2,3).